The van der Waals surface area contributed by atoms with Gasteiger partial charge in [-0.3, -0.25) is 4.79 Å². The summed E-state index contributed by atoms with van der Waals surface area (Å²) in [4.78, 5) is 11.0. The maximum absolute atomic E-state index is 11.8. The second-order valence-electron chi connectivity index (χ2n) is 6.14. The molecule has 116 valence electrons. The molecule has 0 spiro atoms. The van der Waals surface area contributed by atoms with Gasteiger partial charge in [-0.25, -0.2) is 8.42 Å². The van der Waals surface area contributed by atoms with Crippen LogP contribution in [0.4, 0.5) is 0 Å². The second-order valence-corrected chi connectivity index (χ2v) is 8.70. The lowest BCUT2D eigenvalue weighted by Crippen LogP contribution is -2.28. The predicted octanol–water partition coefficient (Wildman–Crippen LogP) is 1.70. The minimum absolute atomic E-state index is 0.0153. The molecule has 1 aromatic carbocycles. The molecule has 2 unspecified atom stereocenters. The molecule has 21 heavy (non-hydrogen) atoms. The summed E-state index contributed by atoms with van der Waals surface area (Å²) in [6.45, 7) is 3.84. The van der Waals surface area contributed by atoms with E-state index in [0.717, 1.165) is 11.1 Å². The smallest absolute Gasteiger partial charge is 0.307 e. The fourth-order valence-electron chi connectivity index (χ4n) is 2.51. The number of nitrogens with one attached hydrogen (secondary N) is 1. The zero-order valence-corrected chi connectivity index (χ0v) is 13.3. The van der Waals surface area contributed by atoms with Crippen LogP contribution in [0.5, 0.6) is 0 Å². The van der Waals surface area contributed by atoms with Gasteiger partial charge in [-0.15, -0.1) is 0 Å². The van der Waals surface area contributed by atoms with E-state index in [1.165, 1.54) is 6.26 Å². The number of hydrogen-bond acceptors (Lipinski definition) is 4. The van der Waals surface area contributed by atoms with Crippen molar-refractivity contribution in [3.05, 3.63) is 35.4 Å². The van der Waals surface area contributed by atoms with Gasteiger partial charge in [0.2, 0.25) is 0 Å². The highest BCUT2D eigenvalue weighted by molar-refractivity contribution is 7.91. The molecule has 1 aromatic rings. The maximum atomic E-state index is 11.8. The predicted molar refractivity (Wildman–Crippen MR) is 80.8 cm³/mol. The van der Waals surface area contributed by atoms with Crippen molar-refractivity contribution in [2.45, 2.75) is 31.1 Å². The summed E-state index contributed by atoms with van der Waals surface area (Å²) in [5.74, 6) is -1.14. The molecule has 5 nitrogen and oxygen atoms in total. The fourth-order valence-corrected chi connectivity index (χ4v) is 3.07. The molecule has 1 aliphatic rings. The van der Waals surface area contributed by atoms with E-state index in [9.17, 15) is 13.2 Å². The van der Waals surface area contributed by atoms with E-state index >= 15 is 0 Å². The van der Waals surface area contributed by atoms with Crippen molar-refractivity contribution in [2.24, 2.45) is 5.92 Å². The largest absolute Gasteiger partial charge is 0.481 e. The van der Waals surface area contributed by atoms with E-state index in [-0.39, 0.29) is 12.0 Å². The number of carboxylic acid groups (broad SMARTS) is 1. The number of rotatable bonds is 4. The fraction of sp³-hybridized carbons (Fsp3) is 0.533. The molecule has 0 bridgehead atoms. The average Bonchev–Trinajstić information content (AvgIpc) is 2.87. The molecule has 0 aromatic heterocycles. The lowest BCUT2D eigenvalue weighted by molar-refractivity contribution is -0.141. The Morgan fingerprint density at radius 3 is 2.29 bits per heavy atom. The number of hydrogen-bond donors (Lipinski definition) is 2. The first-order valence-electron chi connectivity index (χ1n) is 6.89. The van der Waals surface area contributed by atoms with Crippen molar-refractivity contribution in [3.8, 4) is 0 Å². The highest BCUT2D eigenvalue weighted by Gasteiger charge is 2.33. The average molecular weight is 311 g/mol. The number of aliphatic carboxylic acids is 1. The van der Waals surface area contributed by atoms with E-state index in [0.29, 0.717) is 13.0 Å². The summed E-state index contributed by atoms with van der Waals surface area (Å²) in [6.07, 6.45) is 1.79. The van der Waals surface area contributed by atoms with Gasteiger partial charge < -0.3 is 10.4 Å². The monoisotopic (exact) mass is 311 g/mol. The van der Waals surface area contributed by atoms with Gasteiger partial charge in [0.1, 0.15) is 0 Å². The van der Waals surface area contributed by atoms with Crippen LogP contribution < -0.4 is 5.32 Å². The minimum atomic E-state index is -3.20. The van der Waals surface area contributed by atoms with Crippen LogP contribution in [0.15, 0.2) is 24.3 Å². The van der Waals surface area contributed by atoms with E-state index in [2.05, 4.69) is 5.32 Å². The molecule has 0 radical (unpaired) electrons. The van der Waals surface area contributed by atoms with Crippen LogP contribution in [0.25, 0.3) is 0 Å². The highest BCUT2D eigenvalue weighted by Crippen LogP contribution is 2.32. The SMILES string of the molecule is CC(C)(c1ccc(C2CC(C(=O)O)CN2)cc1)S(C)(=O)=O. The summed E-state index contributed by atoms with van der Waals surface area (Å²) in [7, 11) is -3.20. The van der Waals surface area contributed by atoms with E-state index in [1.807, 2.05) is 24.3 Å². The van der Waals surface area contributed by atoms with Crippen LogP contribution in [-0.2, 0) is 19.4 Å². The Labute approximate surface area is 125 Å². The van der Waals surface area contributed by atoms with Crippen LogP contribution in [-0.4, -0.2) is 32.3 Å². The van der Waals surface area contributed by atoms with Crippen LogP contribution in [0, 0.1) is 5.92 Å². The van der Waals surface area contributed by atoms with Crippen LogP contribution in [0.2, 0.25) is 0 Å². The molecule has 1 aliphatic heterocycles. The Bertz CT molecular complexity index is 634. The summed E-state index contributed by atoms with van der Waals surface area (Å²) in [5.41, 5.74) is 1.73. The number of sulfone groups is 1. The Kier molecular flexibility index (Phi) is 4.13. The maximum Gasteiger partial charge on any atom is 0.307 e. The Balaban J connectivity index is 2.19. The molecule has 1 fully saturated rings. The molecular formula is C15H21NO4S. The summed E-state index contributed by atoms with van der Waals surface area (Å²) < 4.78 is 22.7. The normalized spacial score (nSPS) is 23.2. The van der Waals surface area contributed by atoms with E-state index in [4.69, 9.17) is 5.11 Å². The summed E-state index contributed by atoms with van der Waals surface area (Å²) in [6, 6.07) is 7.40. The molecule has 0 amide bonds. The molecule has 0 saturated carbocycles. The van der Waals surface area contributed by atoms with Crippen molar-refractivity contribution >= 4 is 15.8 Å². The zero-order chi connectivity index (χ0) is 15.8. The molecule has 1 heterocycles. The van der Waals surface area contributed by atoms with Gasteiger partial charge in [0.25, 0.3) is 0 Å². The Morgan fingerprint density at radius 2 is 1.86 bits per heavy atom. The first-order chi connectivity index (χ1) is 9.63. The molecular weight excluding hydrogens is 290 g/mol. The van der Waals surface area contributed by atoms with Gasteiger partial charge in [-0.1, -0.05) is 24.3 Å². The van der Waals surface area contributed by atoms with Gasteiger partial charge in [0.05, 0.1) is 10.7 Å². The van der Waals surface area contributed by atoms with E-state index < -0.39 is 20.6 Å². The third-order valence-corrected chi connectivity index (χ3v) is 6.50. The Hall–Kier alpha value is -1.40. The van der Waals surface area contributed by atoms with Crippen molar-refractivity contribution < 1.29 is 18.3 Å². The topological polar surface area (TPSA) is 83.5 Å². The quantitative estimate of drug-likeness (QED) is 0.884. The lowest BCUT2D eigenvalue weighted by Gasteiger charge is -2.23. The summed E-state index contributed by atoms with van der Waals surface area (Å²) in [5, 5.41) is 12.2. The molecule has 2 atom stereocenters. The number of benzene rings is 1. The van der Waals surface area contributed by atoms with Gasteiger partial charge in [-0.05, 0) is 31.4 Å². The number of carboxylic acids is 1. The third kappa shape index (κ3) is 3.11. The second kappa shape index (κ2) is 5.42. The van der Waals surface area contributed by atoms with Crippen molar-refractivity contribution in [1.82, 2.24) is 5.32 Å². The summed E-state index contributed by atoms with van der Waals surface area (Å²) >= 11 is 0. The number of carbonyl (C=O) groups is 1. The van der Waals surface area contributed by atoms with Crippen LogP contribution in [0.1, 0.15) is 37.4 Å². The highest BCUT2D eigenvalue weighted by atomic mass is 32.2. The molecule has 0 aliphatic carbocycles. The van der Waals surface area contributed by atoms with Gasteiger partial charge in [0, 0.05) is 18.8 Å². The third-order valence-electron chi connectivity index (χ3n) is 4.42. The van der Waals surface area contributed by atoms with Gasteiger partial charge in [-0.2, -0.15) is 0 Å². The molecule has 6 heteroatoms. The minimum Gasteiger partial charge on any atom is -0.481 e. The molecule has 1 saturated heterocycles. The molecule has 2 N–H and O–H groups in total. The zero-order valence-electron chi connectivity index (χ0n) is 12.5. The Morgan fingerprint density at radius 1 is 1.29 bits per heavy atom. The van der Waals surface area contributed by atoms with Gasteiger partial charge >= 0.3 is 5.97 Å². The van der Waals surface area contributed by atoms with Crippen molar-refractivity contribution in [2.75, 3.05) is 12.8 Å². The first-order valence-corrected chi connectivity index (χ1v) is 8.78. The van der Waals surface area contributed by atoms with Crippen LogP contribution >= 0.6 is 0 Å². The van der Waals surface area contributed by atoms with Gasteiger partial charge in [0.15, 0.2) is 9.84 Å². The standard InChI is InChI=1S/C15H21NO4S/c1-15(2,21(3,19)20)12-6-4-10(5-7-12)13-8-11(9-16-13)14(17)18/h4-7,11,13,16H,8-9H2,1-3H3,(H,17,18). The van der Waals surface area contributed by atoms with Crippen molar-refractivity contribution in [1.29, 1.82) is 0 Å². The lowest BCUT2D eigenvalue weighted by atomic mass is 9.96. The van der Waals surface area contributed by atoms with E-state index in [1.54, 1.807) is 13.8 Å². The molecule has 2 rings (SSSR count). The van der Waals surface area contributed by atoms with Crippen molar-refractivity contribution in [3.63, 3.8) is 0 Å². The first kappa shape index (κ1) is 16.0. The van der Waals surface area contributed by atoms with Crippen LogP contribution in [0.3, 0.4) is 0 Å².